The van der Waals surface area contributed by atoms with Gasteiger partial charge in [-0.1, -0.05) is 13.8 Å². The van der Waals surface area contributed by atoms with Gasteiger partial charge in [0.15, 0.2) is 0 Å². The molecule has 0 N–H and O–H groups in total. The van der Waals surface area contributed by atoms with E-state index >= 15 is 0 Å². The van der Waals surface area contributed by atoms with Crippen molar-refractivity contribution in [1.29, 1.82) is 0 Å². The number of hydrogen-bond donors (Lipinski definition) is 0. The van der Waals surface area contributed by atoms with Crippen LogP contribution in [-0.2, 0) is 0 Å². The number of alkyl halides is 2. The molecule has 1 saturated heterocycles. The zero-order valence-corrected chi connectivity index (χ0v) is 9.11. The molecule has 0 aromatic carbocycles. The van der Waals surface area contributed by atoms with Crippen LogP contribution in [0.15, 0.2) is 0 Å². The molecule has 80 valence electrons. The fourth-order valence-corrected chi connectivity index (χ4v) is 1.37. The monoisotopic (exact) mass is 193 g/mol. The molecule has 0 amide bonds. The van der Waals surface area contributed by atoms with Crippen LogP contribution in [0.25, 0.3) is 0 Å². The number of rotatable bonds is 1. The Kier molecular flexibility index (Phi) is 5.45. The average Bonchev–Trinajstić information content (AvgIpc) is 2.07. The number of likely N-dealkylation sites (tertiary alicyclic amines) is 1. The molecule has 1 fully saturated rings. The summed E-state index contributed by atoms with van der Waals surface area (Å²) >= 11 is 0. The van der Waals surface area contributed by atoms with Crippen LogP contribution in [0.4, 0.5) is 8.78 Å². The maximum atomic E-state index is 12.6. The van der Waals surface area contributed by atoms with Crippen LogP contribution in [0.5, 0.6) is 0 Å². The molecule has 0 radical (unpaired) electrons. The van der Waals surface area contributed by atoms with Gasteiger partial charge in [-0.05, 0) is 13.8 Å². The largest absolute Gasteiger partial charge is 0.300 e. The van der Waals surface area contributed by atoms with E-state index in [9.17, 15) is 8.78 Å². The number of hydrogen-bond acceptors (Lipinski definition) is 1. The second kappa shape index (κ2) is 5.53. The first kappa shape index (κ1) is 12.8. The van der Waals surface area contributed by atoms with E-state index in [1.54, 1.807) is 0 Å². The van der Waals surface area contributed by atoms with Crippen LogP contribution in [0.2, 0.25) is 0 Å². The smallest absolute Gasteiger partial charge is 0.250 e. The van der Waals surface area contributed by atoms with E-state index < -0.39 is 5.92 Å². The lowest BCUT2D eigenvalue weighted by atomic mass is 10.1. The van der Waals surface area contributed by atoms with Crippen molar-refractivity contribution in [3.8, 4) is 0 Å². The lowest BCUT2D eigenvalue weighted by molar-refractivity contribution is -0.0603. The van der Waals surface area contributed by atoms with Crippen molar-refractivity contribution < 1.29 is 8.78 Å². The van der Waals surface area contributed by atoms with E-state index in [0.29, 0.717) is 19.1 Å². The van der Waals surface area contributed by atoms with Crippen LogP contribution in [-0.4, -0.2) is 30.0 Å². The fraction of sp³-hybridized carbons (Fsp3) is 1.00. The maximum Gasteiger partial charge on any atom is 0.250 e. The first-order chi connectivity index (χ1) is 6.01. The molecule has 1 heterocycles. The summed E-state index contributed by atoms with van der Waals surface area (Å²) in [4.78, 5) is 2.09. The van der Waals surface area contributed by atoms with Crippen molar-refractivity contribution in [2.75, 3.05) is 13.1 Å². The van der Waals surface area contributed by atoms with Gasteiger partial charge < -0.3 is 4.90 Å². The van der Waals surface area contributed by atoms with Crippen molar-refractivity contribution in [1.82, 2.24) is 4.90 Å². The van der Waals surface area contributed by atoms with Crippen molar-refractivity contribution in [3.63, 3.8) is 0 Å². The lowest BCUT2D eigenvalue weighted by Gasteiger charge is -2.34. The highest BCUT2D eigenvalue weighted by atomic mass is 19.3. The summed E-state index contributed by atoms with van der Waals surface area (Å²) in [5.41, 5.74) is 0. The van der Waals surface area contributed by atoms with Gasteiger partial charge >= 0.3 is 0 Å². The molecule has 0 spiro atoms. The first-order valence-corrected chi connectivity index (χ1v) is 5.13. The SMILES string of the molecule is CC.CC(C)N1CCC(F)(F)CC1. The van der Waals surface area contributed by atoms with Crippen LogP contribution >= 0.6 is 0 Å². The van der Waals surface area contributed by atoms with Gasteiger partial charge in [0, 0.05) is 32.0 Å². The average molecular weight is 193 g/mol. The van der Waals surface area contributed by atoms with Crippen molar-refractivity contribution in [2.45, 2.75) is 52.5 Å². The minimum Gasteiger partial charge on any atom is -0.300 e. The molecule has 0 aromatic heterocycles. The standard InChI is InChI=1S/C8H15F2N.C2H6/c1-7(2)11-5-3-8(9,10)4-6-11;1-2/h7H,3-6H2,1-2H3;1-2H3. The molecule has 0 unspecified atom stereocenters. The number of halogens is 2. The summed E-state index contributed by atoms with van der Waals surface area (Å²) in [5, 5.41) is 0. The zero-order valence-electron chi connectivity index (χ0n) is 9.11. The predicted molar refractivity (Wildman–Crippen MR) is 52.2 cm³/mol. The Labute approximate surface area is 80.1 Å². The van der Waals surface area contributed by atoms with Gasteiger partial charge in [0.25, 0.3) is 5.92 Å². The Morgan fingerprint density at radius 1 is 1.08 bits per heavy atom. The summed E-state index contributed by atoms with van der Waals surface area (Å²) in [6.45, 7) is 9.18. The van der Waals surface area contributed by atoms with Gasteiger partial charge in [-0.25, -0.2) is 8.78 Å². The Morgan fingerprint density at radius 3 is 1.77 bits per heavy atom. The van der Waals surface area contributed by atoms with Crippen LogP contribution in [0, 0.1) is 0 Å². The minimum absolute atomic E-state index is 0.0329. The highest BCUT2D eigenvalue weighted by molar-refractivity contribution is 4.78. The summed E-state index contributed by atoms with van der Waals surface area (Å²) < 4.78 is 25.2. The molecule has 3 heteroatoms. The maximum absolute atomic E-state index is 12.6. The molecule has 13 heavy (non-hydrogen) atoms. The highest BCUT2D eigenvalue weighted by Crippen LogP contribution is 2.28. The molecule has 1 aliphatic heterocycles. The molecule has 1 aliphatic rings. The Morgan fingerprint density at radius 2 is 1.46 bits per heavy atom. The zero-order chi connectivity index (χ0) is 10.5. The first-order valence-electron chi connectivity index (χ1n) is 5.13. The molecule has 0 saturated carbocycles. The predicted octanol–water partition coefficient (Wildman–Crippen LogP) is 3.15. The minimum atomic E-state index is -2.40. The summed E-state index contributed by atoms with van der Waals surface area (Å²) in [5.74, 6) is -2.40. The van der Waals surface area contributed by atoms with E-state index in [2.05, 4.69) is 4.90 Å². The second-order valence-corrected chi connectivity index (χ2v) is 3.49. The molecular weight excluding hydrogens is 172 g/mol. The van der Waals surface area contributed by atoms with Crippen molar-refractivity contribution >= 4 is 0 Å². The number of nitrogens with zero attached hydrogens (tertiary/aromatic N) is 1. The molecular formula is C10H21F2N. The van der Waals surface area contributed by atoms with Gasteiger partial charge in [-0.2, -0.15) is 0 Å². The Hall–Kier alpha value is -0.180. The third-order valence-corrected chi connectivity index (χ3v) is 2.26. The molecule has 0 aromatic rings. The van der Waals surface area contributed by atoms with E-state index in [1.807, 2.05) is 27.7 Å². The Bertz CT molecular complexity index is 125. The van der Waals surface area contributed by atoms with Crippen molar-refractivity contribution in [3.05, 3.63) is 0 Å². The highest BCUT2D eigenvalue weighted by Gasteiger charge is 2.34. The Balaban J connectivity index is 0.000000671. The van der Waals surface area contributed by atoms with Crippen LogP contribution < -0.4 is 0 Å². The van der Waals surface area contributed by atoms with Gasteiger partial charge in [0.2, 0.25) is 0 Å². The lowest BCUT2D eigenvalue weighted by Crippen LogP contribution is -2.42. The van der Waals surface area contributed by atoms with Gasteiger partial charge in [-0.3, -0.25) is 0 Å². The second-order valence-electron chi connectivity index (χ2n) is 3.49. The fourth-order valence-electron chi connectivity index (χ4n) is 1.37. The third-order valence-electron chi connectivity index (χ3n) is 2.26. The normalized spacial score (nSPS) is 22.4. The van der Waals surface area contributed by atoms with E-state index in [0.717, 1.165) is 0 Å². The molecule has 1 rings (SSSR count). The quantitative estimate of drug-likeness (QED) is 0.618. The van der Waals surface area contributed by atoms with E-state index in [4.69, 9.17) is 0 Å². The van der Waals surface area contributed by atoms with Crippen LogP contribution in [0.3, 0.4) is 0 Å². The van der Waals surface area contributed by atoms with E-state index in [1.165, 1.54) is 0 Å². The number of piperidine rings is 1. The molecule has 0 atom stereocenters. The van der Waals surface area contributed by atoms with Gasteiger partial charge in [0.05, 0.1) is 0 Å². The topological polar surface area (TPSA) is 3.24 Å². The van der Waals surface area contributed by atoms with E-state index in [-0.39, 0.29) is 12.8 Å². The molecule has 1 nitrogen and oxygen atoms in total. The summed E-state index contributed by atoms with van der Waals surface area (Å²) in [6, 6.07) is 0.408. The van der Waals surface area contributed by atoms with Gasteiger partial charge in [0.1, 0.15) is 0 Å². The molecule has 0 bridgehead atoms. The third kappa shape index (κ3) is 4.55. The van der Waals surface area contributed by atoms with Crippen LogP contribution in [0.1, 0.15) is 40.5 Å². The van der Waals surface area contributed by atoms with Gasteiger partial charge in [-0.15, -0.1) is 0 Å². The summed E-state index contributed by atoms with van der Waals surface area (Å²) in [7, 11) is 0. The molecule has 0 aliphatic carbocycles. The van der Waals surface area contributed by atoms with Crippen molar-refractivity contribution in [2.24, 2.45) is 0 Å². The summed E-state index contributed by atoms with van der Waals surface area (Å²) in [6.07, 6.45) is 0.0658.